The lowest BCUT2D eigenvalue weighted by Gasteiger charge is -2.21. The first kappa shape index (κ1) is 13.9. The van der Waals surface area contributed by atoms with Gasteiger partial charge in [0.25, 0.3) is 0 Å². The van der Waals surface area contributed by atoms with E-state index in [2.05, 4.69) is 11.8 Å². The van der Waals surface area contributed by atoms with Crippen LogP contribution in [0.25, 0.3) is 0 Å². The Morgan fingerprint density at radius 3 is 1.40 bits per heavy atom. The van der Waals surface area contributed by atoms with E-state index in [9.17, 15) is 5.11 Å². The lowest BCUT2D eigenvalue weighted by atomic mass is 9.86. The molecule has 0 spiro atoms. The molecule has 0 aliphatic heterocycles. The van der Waals surface area contributed by atoms with Crippen molar-refractivity contribution in [3.63, 3.8) is 0 Å². The lowest BCUT2D eigenvalue weighted by molar-refractivity contribution is 0.176. The third-order valence-corrected chi connectivity index (χ3v) is 3.36. The molecule has 0 saturated carbocycles. The highest BCUT2D eigenvalue weighted by Crippen LogP contribution is 2.28. The summed E-state index contributed by atoms with van der Waals surface area (Å²) in [5.41, 5.74) is 3.74. The van der Waals surface area contributed by atoms with Crippen molar-refractivity contribution in [3.8, 4) is 24.7 Å². The van der Waals surface area contributed by atoms with Crippen LogP contribution in [-0.4, -0.2) is 11.2 Å². The second kappa shape index (κ2) is 6.11. The Labute approximate surface area is 120 Å². The zero-order valence-corrected chi connectivity index (χ0v) is 11.4. The fourth-order valence-corrected chi connectivity index (χ4v) is 2.32. The van der Waals surface area contributed by atoms with E-state index in [-0.39, 0.29) is 5.92 Å². The molecular formula is C19H16O. The molecular weight excluding hydrogens is 244 g/mol. The van der Waals surface area contributed by atoms with E-state index in [0.29, 0.717) is 0 Å². The first-order valence-electron chi connectivity index (χ1n) is 6.47. The van der Waals surface area contributed by atoms with Crippen LogP contribution in [0.5, 0.6) is 0 Å². The second-order valence-corrected chi connectivity index (χ2v) is 4.75. The summed E-state index contributed by atoms with van der Waals surface area (Å²) in [6.45, 7) is 1.79. The zero-order valence-electron chi connectivity index (χ0n) is 11.4. The molecule has 0 amide bonds. The Kier molecular flexibility index (Phi) is 4.26. The predicted octanol–water partition coefficient (Wildman–Crippen LogP) is 3.16. The van der Waals surface area contributed by atoms with E-state index in [4.69, 9.17) is 12.8 Å². The van der Waals surface area contributed by atoms with E-state index < -0.39 is 6.10 Å². The van der Waals surface area contributed by atoms with Gasteiger partial charge < -0.3 is 5.11 Å². The summed E-state index contributed by atoms with van der Waals surface area (Å²) in [7, 11) is 0. The summed E-state index contributed by atoms with van der Waals surface area (Å²) in [6.07, 6.45) is 10.2. The molecule has 0 saturated heterocycles. The summed E-state index contributed by atoms with van der Waals surface area (Å²) in [5, 5.41) is 10.1. The van der Waals surface area contributed by atoms with Gasteiger partial charge in [0, 0.05) is 17.0 Å². The number of hydrogen-bond donors (Lipinski definition) is 1. The fourth-order valence-electron chi connectivity index (χ4n) is 2.32. The summed E-state index contributed by atoms with van der Waals surface area (Å²) >= 11 is 0. The Bertz CT molecular complexity index is 591. The molecule has 0 radical (unpaired) electrons. The van der Waals surface area contributed by atoms with E-state index in [1.54, 1.807) is 6.92 Å². The number of benzene rings is 2. The van der Waals surface area contributed by atoms with Gasteiger partial charge in [-0.25, -0.2) is 0 Å². The largest absolute Gasteiger partial charge is 0.392 e. The van der Waals surface area contributed by atoms with Crippen LogP contribution in [0.15, 0.2) is 48.5 Å². The van der Waals surface area contributed by atoms with Crippen molar-refractivity contribution in [2.45, 2.75) is 18.9 Å². The molecule has 1 nitrogen and oxygen atoms in total. The molecule has 2 aromatic rings. The smallest absolute Gasteiger partial charge is 0.0621 e. The van der Waals surface area contributed by atoms with Crippen molar-refractivity contribution in [2.75, 3.05) is 0 Å². The van der Waals surface area contributed by atoms with Crippen molar-refractivity contribution < 1.29 is 5.11 Å². The van der Waals surface area contributed by atoms with Gasteiger partial charge >= 0.3 is 0 Å². The SMILES string of the molecule is C#Cc1ccc(C(c2ccc(C#C)cc2)[C@H](C)O)cc1. The van der Waals surface area contributed by atoms with Gasteiger partial charge in [0.1, 0.15) is 0 Å². The van der Waals surface area contributed by atoms with Gasteiger partial charge in [-0.3, -0.25) is 0 Å². The topological polar surface area (TPSA) is 20.2 Å². The number of hydrogen-bond acceptors (Lipinski definition) is 1. The van der Waals surface area contributed by atoms with Gasteiger partial charge in [-0.15, -0.1) is 12.8 Å². The molecule has 0 aliphatic carbocycles. The maximum absolute atomic E-state index is 10.1. The highest BCUT2D eigenvalue weighted by molar-refractivity contribution is 5.42. The monoisotopic (exact) mass is 260 g/mol. The Balaban J connectivity index is 2.39. The minimum absolute atomic E-state index is 0.0892. The van der Waals surface area contributed by atoms with Crippen molar-refractivity contribution in [2.24, 2.45) is 0 Å². The molecule has 2 rings (SSSR count). The quantitative estimate of drug-likeness (QED) is 0.840. The Morgan fingerprint density at radius 1 is 0.800 bits per heavy atom. The first-order chi connectivity index (χ1) is 9.65. The molecule has 0 bridgehead atoms. The van der Waals surface area contributed by atoms with Gasteiger partial charge in [-0.05, 0) is 42.3 Å². The molecule has 0 unspecified atom stereocenters. The fraction of sp³-hybridized carbons (Fsp3) is 0.158. The molecule has 1 atom stereocenters. The Morgan fingerprint density at radius 2 is 1.15 bits per heavy atom. The third-order valence-electron chi connectivity index (χ3n) is 3.36. The van der Waals surface area contributed by atoms with E-state index in [0.717, 1.165) is 22.3 Å². The van der Waals surface area contributed by atoms with Crippen molar-refractivity contribution in [1.82, 2.24) is 0 Å². The number of terminal acetylenes is 2. The number of aliphatic hydroxyl groups is 1. The molecule has 1 heteroatoms. The van der Waals surface area contributed by atoms with Gasteiger partial charge in [0.05, 0.1) is 6.10 Å². The maximum Gasteiger partial charge on any atom is 0.0621 e. The summed E-state index contributed by atoms with van der Waals surface area (Å²) < 4.78 is 0. The molecule has 0 aliphatic rings. The highest BCUT2D eigenvalue weighted by Gasteiger charge is 2.19. The first-order valence-corrected chi connectivity index (χ1v) is 6.47. The van der Waals surface area contributed by atoms with Gasteiger partial charge in [0.2, 0.25) is 0 Å². The summed E-state index contributed by atoms with van der Waals surface area (Å²) in [4.78, 5) is 0. The van der Waals surface area contributed by atoms with E-state index in [1.807, 2.05) is 48.5 Å². The van der Waals surface area contributed by atoms with Crippen molar-refractivity contribution in [3.05, 3.63) is 70.8 Å². The minimum Gasteiger partial charge on any atom is -0.392 e. The molecule has 1 N–H and O–H groups in total. The van der Waals surface area contributed by atoms with Gasteiger partial charge in [-0.1, -0.05) is 36.1 Å². The maximum atomic E-state index is 10.1. The van der Waals surface area contributed by atoms with Crippen molar-refractivity contribution in [1.29, 1.82) is 0 Å². The van der Waals surface area contributed by atoms with Crippen LogP contribution in [-0.2, 0) is 0 Å². The molecule has 2 aromatic carbocycles. The van der Waals surface area contributed by atoms with E-state index in [1.165, 1.54) is 0 Å². The standard InChI is InChI=1S/C19H16O/c1-4-15-6-10-17(11-7-15)19(14(3)20)18-12-8-16(5-2)9-13-18/h1-2,6-14,19-20H,3H3/t14-/m0/s1. The average Bonchev–Trinajstić information content (AvgIpc) is 2.48. The lowest BCUT2D eigenvalue weighted by Crippen LogP contribution is -2.16. The molecule has 98 valence electrons. The Hall–Kier alpha value is -2.48. The van der Waals surface area contributed by atoms with Gasteiger partial charge in [-0.2, -0.15) is 0 Å². The minimum atomic E-state index is -0.497. The second-order valence-electron chi connectivity index (χ2n) is 4.75. The van der Waals surface area contributed by atoms with Crippen LogP contribution < -0.4 is 0 Å². The van der Waals surface area contributed by atoms with Crippen LogP contribution in [0, 0.1) is 24.7 Å². The summed E-state index contributed by atoms with van der Waals surface area (Å²) in [5.74, 6) is 5.10. The van der Waals surface area contributed by atoms with Crippen molar-refractivity contribution >= 4 is 0 Å². The van der Waals surface area contributed by atoms with Crippen LogP contribution in [0.4, 0.5) is 0 Å². The van der Waals surface area contributed by atoms with Gasteiger partial charge in [0.15, 0.2) is 0 Å². The van der Waals surface area contributed by atoms with Crippen LogP contribution in [0.1, 0.15) is 35.1 Å². The number of aliphatic hydroxyl groups excluding tert-OH is 1. The predicted molar refractivity (Wildman–Crippen MR) is 82.3 cm³/mol. The van der Waals surface area contributed by atoms with Crippen LogP contribution in [0.3, 0.4) is 0 Å². The molecule has 20 heavy (non-hydrogen) atoms. The normalized spacial score (nSPS) is 11.7. The highest BCUT2D eigenvalue weighted by atomic mass is 16.3. The number of rotatable bonds is 3. The average molecular weight is 260 g/mol. The molecule has 0 heterocycles. The summed E-state index contributed by atoms with van der Waals surface area (Å²) in [6, 6.07) is 15.4. The molecule has 0 fully saturated rings. The van der Waals surface area contributed by atoms with Crippen LogP contribution >= 0.6 is 0 Å². The molecule has 0 aromatic heterocycles. The third kappa shape index (κ3) is 2.91. The van der Waals surface area contributed by atoms with E-state index >= 15 is 0 Å². The zero-order chi connectivity index (χ0) is 14.5. The van der Waals surface area contributed by atoms with Crippen LogP contribution in [0.2, 0.25) is 0 Å².